The fourth-order valence-electron chi connectivity index (χ4n) is 3.99. The first-order chi connectivity index (χ1) is 14.9. The van der Waals surface area contributed by atoms with Gasteiger partial charge in [0.2, 0.25) is 5.91 Å². The average molecular weight is 476 g/mol. The summed E-state index contributed by atoms with van der Waals surface area (Å²) in [5.74, 6) is 0.405. The maximum absolute atomic E-state index is 13.2. The van der Waals surface area contributed by atoms with E-state index in [0.717, 1.165) is 32.8 Å². The Labute approximate surface area is 191 Å². The Kier molecular flexibility index (Phi) is 6.64. The third-order valence-electron chi connectivity index (χ3n) is 5.71. The van der Waals surface area contributed by atoms with Crippen molar-refractivity contribution in [3.8, 4) is 11.1 Å². The predicted molar refractivity (Wildman–Crippen MR) is 127 cm³/mol. The van der Waals surface area contributed by atoms with Gasteiger partial charge < -0.3 is 4.90 Å². The fourth-order valence-corrected chi connectivity index (χ4v) is 7.57. The van der Waals surface area contributed by atoms with E-state index in [-0.39, 0.29) is 35.2 Å². The first-order valence-corrected chi connectivity index (χ1v) is 14.0. The molecule has 0 bridgehead atoms. The monoisotopic (exact) mass is 475 g/mol. The van der Waals surface area contributed by atoms with Crippen LogP contribution in [0, 0.1) is 0 Å². The number of rotatable bonds is 7. The van der Waals surface area contributed by atoms with E-state index in [9.17, 15) is 13.2 Å². The SMILES string of the molecule is CCC(C)N(C(=O)CSc1ncnc2scc(-c3ccccc3)c12)C1CCS(=O)(=O)C1. The number of hydrogen-bond donors (Lipinski definition) is 0. The summed E-state index contributed by atoms with van der Waals surface area (Å²) in [7, 11) is -3.06. The fraction of sp³-hybridized carbons (Fsp3) is 0.409. The van der Waals surface area contributed by atoms with Crippen LogP contribution in [-0.4, -0.2) is 58.5 Å². The molecule has 1 aliphatic heterocycles. The van der Waals surface area contributed by atoms with Crippen LogP contribution in [-0.2, 0) is 14.6 Å². The summed E-state index contributed by atoms with van der Waals surface area (Å²) in [5.41, 5.74) is 2.16. The van der Waals surface area contributed by atoms with Crippen molar-refractivity contribution in [3.05, 3.63) is 42.0 Å². The minimum Gasteiger partial charge on any atom is -0.335 e. The molecule has 1 saturated heterocycles. The molecule has 2 aromatic heterocycles. The van der Waals surface area contributed by atoms with Crippen LogP contribution in [0.1, 0.15) is 26.7 Å². The van der Waals surface area contributed by atoms with E-state index < -0.39 is 9.84 Å². The van der Waals surface area contributed by atoms with Crippen molar-refractivity contribution in [3.63, 3.8) is 0 Å². The molecule has 0 saturated carbocycles. The van der Waals surface area contributed by atoms with E-state index >= 15 is 0 Å². The second-order valence-electron chi connectivity index (χ2n) is 7.78. The molecule has 3 heterocycles. The van der Waals surface area contributed by atoms with Crippen molar-refractivity contribution in [2.45, 2.75) is 43.8 Å². The number of benzene rings is 1. The van der Waals surface area contributed by atoms with Crippen LogP contribution in [0.2, 0.25) is 0 Å². The Balaban J connectivity index is 1.58. The van der Waals surface area contributed by atoms with Gasteiger partial charge in [-0.2, -0.15) is 0 Å². The first kappa shape index (κ1) is 22.2. The van der Waals surface area contributed by atoms with Gasteiger partial charge >= 0.3 is 0 Å². The number of nitrogens with zero attached hydrogens (tertiary/aromatic N) is 3. The van der Waals surface area contributed by atoms with E-state index in [0.29, 0.717) is 6.42 Å². The van der Waals surface area contributed by atoms with Crippen LogP contribution in [0.5, 0.6) is 0 Å². The summed E-state index contributed by atoms with van der Waals surface area (Å²) in [6.45, 7) is 4.01. The van der Waals surface area contributed by atoms with Crippen molar-refractivity contribution in [1.82, 2.24) is 14.9 Å². The first-order valence-electron chi connectivity index (χ1n) is 10.3. The van der Waals surface area contributed by atoms with Gasteiger partial charge in [0.15, 0.2) is 9.84 Å². The maximum Gasteiger partial charge on any atom is 0.233 e. The highest BCUT2D eigenvalue weighted by Gasteiger charge is 2.36. The molecule has 31 heavy (non-hydrogen) atoms. The van der Waals surface area contributed by atoms with Gasteiger partial charge in [0.1, 0.15) is 16.2 Å². The summed E-state index contributed by atoms with van der Waals surface area (Å²) < 4.78 is 24.0. The van der Waals surface area contributed by atoms with Crippen LogP contribution in [0.15, 0.2) is 47.1 Å². The molecule has 164 valence electrons. The number of thioether (sulfide) groups is 1. The number of carbonyl (C=O) groups excluding carboxylic acids is 1. The zero-order valence-electron chi connectivity index (χ0n) is 17.5. The molecule has 1 fully saturated rings. The molecule has 1 aromatic carbocycles. The van der Waals surface area contributed by atoms with Gasteiger partial charge in [0.05, 0.1) is 22.6 Å². The molecule has 0 aliphatic carbocycles. The summed E-state index contributed by atoms with van der Waals surface area (Å²) in [5, 5.41) is 3.83. The van der Waals surface area contributed by atoms with Crippen molar-refractivity contribution in [1.29, 1.82) is 0 Å². The van der Waals surface area contributed by atoms with Crippen molar-refractivity contribution in [2.24, 2.45) is 0 Å². The van der Waals surface area contributed by atoms with Crippen LogP contribution >= 0.6 is 23.1 Å². The van der Waals surface area contributed by atoms with Crippen molar-refractivity contribution < 1.29 is 13.2 Å². The summed E-state index contributed by atoms with van der Waals surface area (Å²) in [6.07, 6.45) is 2.84. The Hall–Kier alpha value is -1.97. The Bertz CT molecular complexity index is 1180. The standard InChI is InChI=1S/C22H25N3O3S3/c1-3-15(2)25(17-9-10-31(27,28)13-17)19(26)12-30-22-20-18(16-7-5-4-6-8-16)11-29-21(20)23-14-24-22/h4-8,11,14-15,17H,3,9-10,12-13H2,1-2H3. The molecule has 9 heteroatoms. The summed E-state index contributed by atoms with van der Waals surface area (Å²) in [6, 6.07) is 9.85. The van der Waals surface area contributed by atoms with Gasteiger partial charge in [-0.3, -0.25) is 4.79 Å². The number of amides is 1. The van der Waals surface area contributed by atoms with E-state index in [1.807, 2.05) is 32.0 Å². The lowest BCUT2D eigenvalue weighted by Crippen LogP contribution is -2.47. The van der Waals surface area contributed by atoms with Crippen LogP contribution in [0.3, 0.4) is 0 Å². The summed E-state index contributed by atoms with van der Waals surface area (Å²) in [4.78, 5) is 24.8. The third-order valence-corrected chi connectivity index (χ3v) is 9.32. The van der Waals surface area contributed by atoms with Crippen molar-refractivity contribution >= 4 is 49.1 Å². The van der Waals surface area contributed by atoms with Gasteiger partial charge in [0.25, 0.3) is 0 Å². The van der Waals surface area contributed by atoms with E-state index in [1.165, 1.54) is 18.1 Å². The Morgan fingerprint density at radius 1 is 1.29 bits per heavy atom. The average Bonchev–Trinajstić information content (AvgIpc) is 3.36. The van der Waals surface area contributed by atoms with Gasteiger partial charge in [0, 0.05) is 23.0 Å². The topological polar surface area (TPSA) is 80.2 Å². The molecule has 1 amide bonds. The molecule has 2 atom stereocenters. The highest BCUT2D eigenvalue weighted by molar-refractivity contribution is 8.00. The molecular weight excluding hydrogens is 450 g/mol. The number of sulfone groups is 1. The lowest BCUT2D eigenvalue weighted by Gasteiger charge is -2.33. The summed E-state index contributed by atoms with van der Waals surface area (Å²) >= 11 is 2.97. The predicted octanol–water partition coefficient (Wildman–Crippen LogP) is 4.26. The van der Waals surface area contributed by atoms with E-state index in [4.69, 9.17) is 0 Å². The molecular formula is C22H25N3O3S3. The van der Waals surface area contributed by atoms with Crippen LogP contribution in [0.25, 0.3) is 21.3 Å². The van der Waals surface area contributed by atoms with Crippen molar-refractivity contribution in [2.75, 3.05) is 17.3 Å². The molecule has 0 N–H and O–H groups in total. The molecule has 0 radical (unpaired) electrons. The highest BCUT2D eigenvalue weighted by Crippen LogP contribution is 2.38. The minimum absolute atomic E-state index is 0.00200. The lowest BCUT2D eigenvalue weighted by molar-refractivity contribution is -0.132. The number of aromatic nitrogens is 2. The number of thiophene rings is 1. The maximum atomic E-state index is 13.2. The minimum atomic E-state index is -3.06. The van der Waals surface area contributed by atoms with E-state index in [1.54, 1.807) is 16.2 Å². The molecule has 1 aliphatic rings. The zero-order valence-corrected chi connectivity index (χ0v) is 20.0. The number of fused-ring (bicyclic) bond motifs is 1. The van der Waals surface area contributed by atoms with Crippen LogP contribution in [0.4, 0.5) is 0 Å². The second-order valence-corrected chi connectivity index (χ2v) is 11.8. The number of carbonyl (C=O) groups is 1. The Morgan fingerprint density at radius 3 is 2.74 bits per heavy atom. The van der Waals surface area contributed by atoms with Gasteiger partial charge in [-0.25, -0.2) is 18.4 Å². The molecule has 0 spiro atoms. The van der Waals surface area contributed by atoms with Gasteiger partial charge in [-0.1, -0.05) is 49.0 Å². The lowest BCUT2D eigenvalue weighted by atomic mass is 10.1. The Morgan fingerprint density at radius 2 is 2.06 bits per heavy atom. The van der Waals surface area contributed by atoms with Gasteiger partial charge in [-0.05, 0) is 25.3 Å². The van der Waals surface area contributed by atoms with Gasteiger partial charge in [-0.15, -0.1) is 11.3 Å². The number of hydrogen-bond acceptors (Lipinski definition) is 7. The zero-order chi connectivity index (χ0) is 22.0. The van der Waals surface area contributed by atoms with Crippen LogP contribution < -0.4 is 0 Å². The molecule has 4 rings (SSSR count). The third kappa shape index (κ3) is 4.78. The normalized spacial score (nSPS) is 18.8. The molecule has 3 aromatic rings. The quantitative estimate of drug-likeness (QED) is 0.375. The second kappa shape index (κ2) is 9.26. The molecule has 2 unspecified atom stereocenters. The molecule has 6 nitrogen and oxygen atoms in total. The smallest absolute Gasteiger partial charge is 0.233 e. The largest absolute Gasteiger partial charge is 0.335 e. The van der Waals surface area contributed by atoms with E-state index in [2.05, 4.69) is 27.5 Å². The highest BCUT2D eigenvalue weighted by atomic mass is 32.2.